The van der Waals surface area contributed by atoms with Crippen LogP contribution < -0.4 is 10.2 Å². The van der Waals surface area contributed by atoms with E-state index >= 15 is 0 Å². The second kappa shape index (κ2) is 7.07. The number of hydrogen-bond acceptors (Lipinski definition) is 4. The van der Waals surface area contributed by atoms with Crippen LogP contribution in [0.15, 0.2) is 48.5 Å². The molecule has 0 spiro atoms. The third-order valence-electron chi connectivity index (χ3n) is 3.81. The van der Waals surface area contributed by atoms with Crippen molar-refractivity contribution in [2.45, 2.75) is 0 Å². The van der Waals surface area contributed by atoms with Gasteiger partial charge in [-0.05, 0) is 36.4 Å². The topological polar surface area (TPSA) is 58.6 Å². The fourth-order valence-corrected chi connectivity index (χ4v) is 2.49. The first kappa shape index (κ1) is 15.2. The Morgan fingerprint density at radius 3 is 2.26 bits per heavy atom. The maximum Gasteiger partial charge on any atom is 0.255 e. The summed E-state index contributed by atoms with van der Waals surface area (Å²) in [6.45, 7) is 3.26. The van der Waals surface area contributed by atoms with Gasteiger partial charge in [-0.3, -0.25) is 9.59 Å². The highest BCUT2D eigenvalue weighted by Crippen LogP contribution is 2.19. The fourth-order valence-electron chi connectivity index (χ4n) is 2.49. The van der Waals surface area contributed by atoms with E-state index in [1.807, 2.05) is 24.3 Å². The van der Waals surface area contributed by atoms with Crippen LogP contribution in [-0.2, 0) is 4.74 Å². The highest BCUT2D eigenvalue weighted by molar-refractivity contribution is 6.04. The van der Waals surface area contributed by atoms with Gasteiger partial charge in [-0.15, -0.1) is 0 Å². The number of amides is 1. The summed E-state index contributed by atoms with van der Waals surface area (Å²) in [6, 6.07) is 14.3. The summed E-state index contributed by atoms with van der Waals surface area (Å²) in [7, 11) is 0. The van der Waals surface area contributed by atoms with Crippen molar-refractivity contribution in [3.8, 4) is 0 Å². The summed E-state index contributed by atoms with van der Waals surface area (Å²) in [6.07, 6.45) is 0.756. The van der Waals surface area contributed by atoms with Crippen LogP contribution in [0.5, 0.6) is 0 Å². The van der Waals surface area contributed by atoms with Crippen LogP contribution in [0.1, 0.15) is 20.7 Å². The molecule has 1 saturated heterocycles. The van der Waals surface area contributed by atoms with Gasteiger partial charge in [0.05, 0.1) is 13.2 Å². The second-order valence-electron chi connectivity index (χ2n) is 5.34. The number of benzene rings is 2. The van der Waals surface area contributed by atoms with Gasteiger partial charge >= 0.3 is 0 Å². The molecular formula is C18H18N2O3. The fraction of sp³-hybridized carbons (Fsp3) is 0.222. The molecule has 1 N–H and O–H groups in total. The van der Waals surface area contributed by atoms with Crippen molar-refractivity contribution in [1.82, 2.24) is 0 Å². The first-order valence-electron chi connectivity index (χ1n) is 7.55. The van der Waals surface area contributed by atoms with Gasteiger partial charge in [-0.25, -0.2) is 0 Å². The second-order valence-corrected chi connectivity index (χ2v) is 5.34. The van der Waals surface area contributed by atoms with Crippen LogP contribution in [-0.4, -0.2) is 38.5 Å². The monoisotopic (exact) mass is 310 g/mol. The molecule has 0 aromatic heterocycles. The van der Waals surface area contributed by atoms with Crippen LogP contribution in [0.4, 0.5) is 11.4 Å². The molecule has 5 nitrogen and oxygen atoms in total. The molecule has 1 fully saturated rings. The van der Waals surface area contributed by atoms with Crippen LogP contribution >= 0.6 is 0 Å². The van der Waals surface area contributed by atoms with Crippen LogP contribution in [0.25, 0.3) is 0 Å². The molecule has 2 aromatic carbocycles. The van der Waals surface area contributed by atoms with E-state index in [0.717, 1.165) is 44.0 Å². The first-order chi connectivity index (χ1) is 11.3. The number of anilines is 2. The minimum absolute atomic E-state index is 0.193. The maximum atomic E-state index is 12.2. The predicted molar refractivity (Wildman–Crippen MR) is 89.3 cm³/mol. The number of nitrogens with zero attached hydrogens (tertiary/aromatic N) is 1. The van der Waals surface area contributed by atoms with Gasteiger partial charge in [0.1, 0.15) is 6.29 Å². The van der Waals surface area contributed by atoms with Crippen molar-refractivity contribution in [3.63, 3.8) is 0 Å². The zero-order chi connectivity index (χ0) is 16.1. The largest absolute Gasteiger partial charge is 0.378 e. The summed E-state index contributed by atoms with van der Waals surface area (Å²) in [5.41, 5.74) is 2.94. The van der Waals surface area contributed by atoms with Crippen LogP contribution in [0, 0.1) is 0 Å². The van der Waals surface area contributed by atoms with Gasteiger partial charge in [0.25, 0.3) is 5.91 Å². The Bertz CT molecular complexity index is 674. The predicted octanol–water partition coefficient (Wildman–Crippen LogP) is 2.59. The van der Waals surface area contributed by atoms with Crippen molar-refractivity contribution >= 4 is 23.6 Å². The van der Waals surface area contributed by atoms with Crippen LogP contribution in [0.3, 0.4) is 0 Å². The number of ether oxygens (including phenoxy) is 1. The van der Waals surface area contributed by atoms with Gasteiger partial charge in [-0.1, -0.05) is 12.1 Å². The Kier molecular flexibility index (Phi) is 4.68. The SMILES string of the molecule is O=Cc1ccc(C(=O)Nc2ccc(N3CCOCC3)cc2)cc1. The Labute approximate surface area is 134 Å². The summed E-state index contributed by atoms with van der Waals surface area (Å²) < 4.78 is 5.34. The average Bonchev–Trinajstić information content (AvgIpc) is 2.63. The van der Waals surface area contributed by atoms with E-state index in [1.54, 1.807) is 24.3 Å². The molecule has 0 atom stereocenters. The average molecular weight is 310 g/mol. The summed E-state index contributed by atoms with van der Waals surface area (Å²) in [5.74, 6) is -0.193. The number of rotatable bonds is 4. The number of aldehydes is 1. The molecule has 5 heteroatoms. The van der Waals surface area contributed by atoms with Crippen molar-refractivity contribution < 1.29 is 14.3 Å². The van der Waals surface area contributed by atoms with E-state index in [1.165, 1.54) is 0 Å². The standard InChI is InChI=1S/C18H18N2O3/c21-13-14-1-3-15(4-2-14)18(22)19-16-5-7-17(8-6-16)20-9-11-23-12-10-20/h1-8,13H,9-12H2,(H,19,22). The smallest absolute Gasteiger partial charge is 0.255 e. The molecule has 0 unspecified atom stereocenters. The van der Waals surface area contributed by atoms with Crippen LogP contribution in [0.2, 0.25) is 0 Å². The van der Waals surface area contributed by atoms with Gasteiger partial charge in [0.15, 0.2) is 0 Å². The molecule has 1 aliphatic heterocycles. The third-order valence-corrected chi connectivity index (χ3v) is 3.81. The molecular weight excluding hydrogens is 292 g/mol. The number of morpholine rings is 1. The van der Waals surface area contributed by atoms with E-state index in [0.29, 0.717) is 11.1 Å². The zero-order valence-electron chi connectivity index (χ0n) is 12.7. The van der Waals surface area contributed by atoms with Crippen molar-refractivity contribution in [3.05, 3.63) is 59.7 Å². The highest BCUT2D eigenvalue weighted by atomic mass is 16.5. The normalized spacial score (nSPS) is 14.3. The molecule has 0 radical (unpaired) electrons. The molecule has 2 aromatic rings. The Morgan fingerprint density at radius 1 is 1.00 bits per heavy atom. The lowest BCUT2D eigenvalue weighted by Gasteiger charge is -2.28. The van der Waals surface area contributed by atoms with Crippen molar-refractivity contribution in [1.29, 1.82) is 0 Å². The van der Waals surface area contributed by atoms with Gasteiger partial charge in [0.2, 0.25) is 0 Å². The van der Waals surface area contributed by atoms with Crippen molar-refractivity contribution in [2.24, 2.45) is 0 Å². The Balaban J connectivity index is 1.64. The number of nitrogens with one attached hydrogen (secondary N) is 1. The minimum atomic E-state index is -0.193. The van der Waals surface area contributed by atoms with Gasteiger partial charge in [0, 0.05) is 35.6 Å². The lowest BCUT2D eigenvalue weighted by molar-refractivity contribution is 0.102. The van der Waals surface area contributed by atoms with E-state index in [2.05, 4.69) is 10.2 Å². The molecule has 0 saturated carbocycles. The third kappa shape index (κ3) is 3.76. The van der Waals surface area contributed by atoms with E-state index in [4.69, 9.17) is 4.74 Å². The molecule has 3 rings (SSSR count). The minimum Gasteiger partial charge on any atom is -0.378 e. The zero-order valence-corrected chi connectivity index (χ0v) is 12.7. The molecule has 1 aliphatic rings. The first-order valence-corrected chi connectivity index (χ1v) is 7.55. The lowest BCUT2D eigenvalue weighted by Crippen LogP contribution is -2.36. The number of carbonyl (C=O) groups excluding carboxylic acids is 2. The molecule has 1 amide bonds. The van der Waals surface area contributed by atoms with Gasteiger partial charge in [-0.2, -0.15) is 0 Å². The van der Waals surface area contributed by atoms with Crippen molar-refractivity contribution in [2.75, 3.05) is 36.5 Å². The molecule has 118 valence electrons. The van der Waals surface area contributed by atoms with E-state index in [9.17, 15) is 9.59 Å². The maximum absolute atomic E-state index is 12.2. The summed E-state index contributed by atoms with van der Waals surface area (Å²) in [4.78, 5) is 25.1. The number of carbonyl (C=O) groups is 2. The quantitative estimate of drug-likeness (QED) is 0.882. The summed E-state index contributed by atoms with van der Waals surface area (Å²) >= 11 is 0. The van der Waals surface area contributed by atoms with Gasteiger partial charge < -0.3 is 15.0 Å². The number of hydrogen-bond donors (Lipinski definition) is 1. The Morgan fingerprint density at radius 2 is 1.65 bits per heavy atom. The highest BCUT2D eigenvalue weighted by Gasteiger charge is 2.11. The molecule has 0 bridgehead atoms. The molecule has 0 aliphatic carbocycles. The Hall–Kier alpha value is -2.66. The van der Waals surface area contributed by atoms with E-state index in [-0.39, 0.29) is 5.91 Å². The molecule has 1 heterocycles. The lowest BCUT2D eigenvalue weighted by atomic mass is 10.1. The summed E-state index contributed by atoms with van der Waals surface area (Å²) in [5, 5.41) is 2.86. The van der Waals surface area contributed by atoms with E-state index < -0.39 is 0 Å². The molecule has 23 heavy (non-hydrogen) atoms.